The molecule has 0 aromatic heterocycles. The Morgan fingerprint density at radius 2 is 2.12 bits per heavy atom. The molecule has 1 atom stereocenters. The van der Waals surface area contributed by atoms with Gasteiger partial charge in [-0.3, -0.25) is 0 Å². The molecule has 1 aliphatic heterocycles. The van der Waals surface area contributed by atoms with E-state index < -0.39 is 6.10 Å². The van der Waals surface area contributed by atoms with Crippen LogP contribution in [0.3, 0.4) is 0 Å². The normalized spacial score (nSPS) is 19.2. The Labute approximate surface area is 111 Å². The summed E-state index contributed by atoms with van der Waals surface area (Å²) in [5, 5.41) is 10.8. The van der Waals surface area contributed by atoms with Crippen molar-refractivity contribution in [2.75, 3.05) is 13.2 Å². The summed E-state index contributed by atoms with van der Waals surface area (Å²) in [7, 11) is 0. The Bertz CT molecular complexity index is 376. The molecule has 1 fully saturated rings. The SMILES string of the molecule is C[C@H](O)c1ccc(SC2CCOCC2)c(Cl)c1. The van der Waals surface area contributed by atoms with Crippen molar-refractivity contribution in [1.82, 2.24) is 0 Å². The summed E-state index contributed by atoms with van der Waals surface area (Å²) in [6.45, 7) is 3.44. The molecular weight excluding hydrogens is 256 g/mol. The number of hydrogen-bond acceptors (Lipinski definition) is 3. The molecule has 4 heteroatoms. The minimum atomic E-state index is -0.463. The Morgan fingerprint density at radius 1 is 1.41 bits per heavy atom. The van der Waals surface area contributed by atoms with Crippen molar-refractivity contribution in [3.8, 4) is 0 Å². The molecule has 0 unspecified atom stereocenters. The van der Waals surface area contributed by atoms with E-state index in [4.69, 9.17) is 16.3 Å². The lowest BCUT2D eigenvalue weighted by Gasteiger charge is -2.22. The molecule has 0 spiro atoms. The van der Waals surface area contributed by atoms with Gasteiger partial charge in [0.2, 0.25) is 0 Å². The van der Waals surface area contributed by atoms with Crippen LogP contribution in [0.25, 0.3) is 0 Å². The molecule has 2 nitrogen and oxygen atoms in total. The van der Waals surface area contributed by atoms with Gasteiger partial charge in [-0.25, -0.2) is 0 Å². The highest BCUT2D eigenvalue weighted by molar-refractivity contribution is 8.00. The van der Waals surface area contributed by atoms with Crippen LogP contribution in [0, 0.1) is 0 Å². The highest BCUT2D eigenvalue weighted by Gasteiger charge is 2.16. The van der Waals surface area contributed by atoms with Crippen molar-refractivity contribution in [2.24, 2.45) is 0 Å². The third-order valence-electron chi connectivity index (χ3n) is 2.90. The van der Waals surface area contributed by atoms with Crippen LogP contribution in [0.4, 0.5) is 0 Å². The molecule has 1 aromatic rings. The third-order valence-corrected chi connectivity index (χ3v) is 4.74. The van der Waals surface area contributed by atoms with Crippen molar-refractivity contribution in [3.63, 3.8) is 0 Å². The van der Waals surface area contributed by atoms with E-state index in [1.165, 1.54) is 0 Å². The molecule has 1 aliphatic rings. The summed E-state index contributed by atoms with van der Waals surface area (Å²) >= 11 is 8.05. The van der Waals surface area contributed by atoms with Gasteiger partial charge in [-0.1, -0.05) is 17.7 Å². The second-order valence-corrected chi connectivity index (χ2v) is 6.04. The van der Waals surface area contributed by atoms with Crippen LogP contribution in [0.15, 0.2) is 23.1 Å². The van der Waals surface area contributed by atoms with E-state index in [1.54, 1.807) is 6.92 Å². The average Bonchev–Trinajstić information content (AvgIpc) is 2.33. The standard InChI is InChI=1S/C13H17ClO2S/c1-9(15)10-2-3-13(12(14)8-10)17-11-4-6-16-7-5-11/h2-3,8-9,11,15H,4-7H2,1H3/t9-/m0/s1. The summed E-state index contributed by atoms with van der Waals surface area (Å²) < 4.78 is 5.34. The summed E-state index contributed by atoms with van der Waals surface area (Å²) in [6.07, 6.45) is 1.70. The number of halogens is 1. The van der Waals surface area contributed by atoms with Gasteiger partial charge in [0, 0.05) is 23.4 Å². The number of ether oxygens (including phenoxy) is 1. The molecule has 1 saturated heterocycles. The van der Waals surface area contributed by atoms with Crippen LogP contribution in [-0.4, -0.2) is 23.6 Å². The molecule has 1 N–H and O–H groups in total. The molecular formula is C13H17ClO2S. The van der Waals surface area contributed by atoms with Crippen molar-refractivity contribution < 1.29 is 9.84 Å². The molecule has 1 heterocycles. The van der Waals surface area contributed by atoms with Gasteiger partial charge < -0.3 is 9.84 Å². The van der Waals surface area contributed by atoms with E-state index in [-0.39, 0.29) is 0 Å². The van der Waals surface area contributed by atoms with Crippen LogP contribution in [-0.2, 0) is 4.74 Å². The molecule has 0 saturated carbocycles. The van der Waals surface area contributed by atoms with Crippen LogP contribution in [0.1, 0.15) is 31.4 Å². The first-order valence-electron chi connectivity index (χ1n) is 5.88. The maximum atomic E-state index is 9.48. The van der Waals surface area contributed by atoms with Gasteiger partial charge in [0.15, 0.2) is 0 Å². The fourth-order valence-electron chi connectivity index (χ4n) is 1.85. The fourth-order valence-corrected chi connectivity index (χ4v) is 3.27. The third kappa shape index (κ3) is 3.62. The molecule has 1 aromatic carbocycles. The molecule has 2 rings (SSSR count). The van der Waals surface area contributed by atoms with Gasteiger partial charge in [-0.05, 0) is 37.5 Å². The van der Waals surface area contributed by atoms with E-state index in [9.17, 15) is 5.11 Å². The monoisotopic (exact) mass is 272 g/mol. The van der Waals surface area contributed by atoms with Gasteiger partial charge in [0.05, 0.1) is 11.1 Å². The molecule has 0 bridgehead atoms. The zero-order valence-electron chi connectivity index (χ0n) is 9.86. The van der Waals surface area contributed by atoms with E-state index in [0.717, 1.165) is 41.5 Å². The van der Waals surface area contributed by atoms with Gasteiger partial charge in [0.25, 0.3) is 0 Å². The van der Waals surface area contributed by atoms with Crippen LogP contribution < -0.4 is 0 Å². The van der Waals surface area contributed by atoms with Crippen molar-refractivity contribution in [3.05, 3.63) is 28.8 Å². The first-order chi connectivity index (χ1) is 8.16. The van der Waals surface area contributed by atoms with Crippen LogP contribution in [0.5, 0.6) is 0 Å². The number of hydrogen-bond donors (Lipinski definition) is 1. The number of rotatable bonds is 3. The molecule has 0 radical (unpaired) electrons. The summed E-state index contributed by atoms with van der Waals surface area (Å²) in [5.74, 6) is 0. The zero-order chi connectivity index (χ0) is 12.3. The summed E-state index contributed by atoms with van der Waals surface area (Å²) in [6, 6.07) is 5.80. The topological polar surface area (TPSA) is 29.5 Å². The van der Waals surface area contributed by atoms with Gasteiger partial charge >= 0.3 is 0 Å². The first kappa shape index (κ1) is 13.2. The van der Waals surface area contributed by atoms with E-state index in [0.29, 0.717) is 5.25 Å². The van der Waals surface area contributed by atoms with Gasteiger partial charge in [0.1, 0.15) is 0 Å². The summed E-state index contributed by atoms with van der Waals surface area (Å²) in [4.78, 5) is 1.10. The average molecular weight is 273 g/mol. The number of thioether (sulfide) groups is 1. The van der Waals surface area contributed by atoms with Gasteiger partial charge in [-0.15, -0.1) is 11.8 Å². The number of benzene rings is 1. The maximum Gasteiger partial charge on any atom is 0.0762 e. The lowest BCUT2D eigenvalue weighted by molar-refractivity contribution is 0.100. The fraction of sp³-hybridized carbons (Fsp3) is 0.538. The van der Waals surface area contributed by atoms with E-state index in [2.05, 4.69) is 0 Å². The lowest BCUT2D eigenvalue weighted by Crippen LogP contribution is -2.17. The van der Waals surface area contributed by atoms with Crippen LogP contribution in [0.2, 0.25) is 5.02 Å². The predicted octanol–water partition coefficient (Wildman–Crippen LogP) is 3.66. The molecule has 0 amide bonds. The minimum absolute atomic E-state index is 0.463. The largest absolute Gasteiger partial charge is 0.389 e. The highest BCUT2D eigenvalue weighted by atomic mass is 35.5. The van der Waals surface area contributed by atoms with Crippen LogP contribution >= 0.6 is 23.4 Å². The van der Waals surface area contributed by atoms with Crippen molar-refractivity contribution in [1.29, 1.82) is 0 Å². The second-order valence-electron chi connectivity index (χ2n) is 4.30. The van der Waals surface area contributed by atoms with Gasteiger partial charge in [-0.2, -0.15) is 0 Å². The minimum Gasteiger partial charge on any atom is -0.389 e. The Kier molecular flexibility index (Phi) is 4.74. The lowest BCUT2D eigenvalue weighted by atomic mass is 10.1. The molecule has 94 valence electrons. The van der Waals surface area contributed by atoms with Crippen molar-refractivity contribution >= 4 is 23.4 Å². The highest BCUT2D eigenvalue weighted by Crippen LogP contribution is 2.35. The number of aliphatic hydroxyl groups is 1. The number of aliphatic hydroxyl groups excluding tert-OH is 1. The first-order valence-corrected chi connectivity index (χ1v) is 7.14. The maximum absolute atomic E-state index is 9.48. The quantitative estimate of drug-likeness (QED) is 0.911. The van der Waals surface area contributed by atoms with E-state index >= 15 is 0 Å². The molecule has 0 aliphatic carbocycles. The van der Waals surface area contributed by atoms with E-state index in [1.807, 2.05) is 30.0 Å². The smallest absolute Gasteiger partial charge is 0.0762 e. The Hall–Kier alpha value is -0.220. The Morgan fingerprint density at radius 3 is 2.71 bits per heavy atom. The molecule has 17 heavy (non-hydrogen) atoms. The van der Waals surface area contributed by atoms with Crippen molar-refractivity contribution in [2.45, 2.75) is 36.0 Å². The second kappa shape index (κ2) is 6.10. The zero-order valence-corrected chi connectivity index (χ0v) is 11.4. The predicted molar refractivity (Wildman–Crippen MR) is 71.8 cm³/mol. The summed E-state index contributed by atoms with van der Waals surface area (Å²) in [5.41, 5.74) is 0.867. The Balaban J connectivity index is 2.05.